The van der Waals surface area contributed by atoms with E-state index < -0.39 is 24.5 Å². The largest absolute Gasteiger partial charge is 0.480 e. The molecule has 0 spiro atoms. The molecule has 1 aliphatic rings. The van der Waals surface area contributed by atoms with Crippen LogP contribution in [0.15, 0.2) is 48.5 Å². The fourth-order valence-corrected chi connectivity index (χ4v) is 4.92. The van der Waals surface area contributed by atoms with Gasteiger partial charge in [0, 0.05) is 12.5 Å². The number of rotatable bonds is 7. The lowest BCUT2D eigenvalue weighted by Gasteiger charge is -2.17. The Morgan fingerprint density at radius 1 is 1.09 bits per heavy atom. The van der Waals surface area contributed by atoms with Crippen LogP contribution in [0.2, 0.25) is 0 Å². The van der Waals surface area contributed by atoms with Crippen molar-refractivity contribution in [3.63, 3.8) is 0 Å². The Morgan fingerprint density at radius 2 is 1.70 bits per heavy atom. The molecular weight excluding hydrogens is 442 g/mol. The summed E-state index contributed by atoms with van der Waals surface area (Å²) in [5.41, 5.74) is 4.93. The normalized spacial score (nSPS) is 12.1. The van der Waals surface area contributed by atoms with Gasteiger partial charge < -0.3 is 14.7 Å². The summed E-state index contributed by atoms with van der Waals surface area (Å²) in [4.78, 5) is 41.9. The van der Waals surface area contributed by atoms with Crippen molar-refractivity contribution in [1.29, 1.82) is 0 Å². The summed E-state index contributed by atoms with van der Waals surface area (Å²) >= 11 is 0.995. The van der Waals surface area contributed by atoms with E-state index in [4.69, 9.17) is 9.84 Å². The topological polar surface area (TPSA) is 109 Å². The Hall–Kier alpha value is -3.72. The molecule has 1 aromatic heterocycles. The molecule has 0 atom stereocenters. The number of benzene rings is 2. The molecule has 0 aliphatic heterocycles. The number of anilines is 1. The van der Waals surface area contributed by atoms with Crippen LogP contribution in [0.4, 0.5) is 9.93 Å². The van der Waals surface area contributed by atoms with Crippen molar-refractivity contribution >= 4 is 34.4 Å². The molecule has 0 bridgehead atoms. The number of hydrogen-bond donors (Lipinski definition) is 2. The molecule has 0 saturated heterocycles. The Bertz CT molecular complexity index is 1180. The van der Waals surface area contributed by atoms with Crippen molar-refractivity contribution in [2.75, 3.05) is 25.0 Å². The Balaban J connectivity index is 1.43. The van der Waals surface area contributed by atoms with E-state index in [1.165, 1.54) is 4.90 Å². The minimum atomic E-state index is -1.09. The van der Waals surface area contributed by atoms with Gasteiger partial charge in [-0.15, -0.1) is 0 Å². The third-order valence-corrected chi connectivity index (χ3v) is 6.60. The van der Waals surface area contributed by atoms with Gasteiger partial charge in [0.05, 0.1) is 5.69 Å². The second kappa shape index (κ2) is 9.41. The Labute approximate surface area is 194 Å². The molecule has 3 aromatic rings. The van der Waals surface area contributed by atoms with Crippen LogP contribution in [0.1, 0.15) is 39.3 Å². The molecule has 33 heavy (non-hydrogen) atoms. The molecule has 0 fully saturated rings. The molecule has 8 nitrogen and oxygen atoms in total. The molecule has 0 radical (unpaired) electrons. The highest BCUT2D eigenvalue weighted by atomic mass is 32.1. The van der Waals surface area contributed by atoms with Gasteiger partial charge in [-0.1, -0.05) is 59.9 Å². The minimum absolute atomic E-state index is 0.0625. The molecule has 1 heterocycles. The quantitative estimate of drug-likeness (QED) is 0.537. The van der Waals surface area contributed by atoms with Crippen molar-refractivity contribution in [3.8, 4) is 11.1 Å². The highest BCUT2D eigenvalue weighted by Gasteiger charge is 2.29. The molecule has 1 aliphatic carbocycles. The fraction of sp³-hybridized carbons (Fsp3) is 0.250. The summed E-state index contributed by atoms with van der Waals surface area (Å²) < 4.78 is 5.52. The van der Waals surface area contributed by atoms with E-state index in [0.29, 0.717) is 5.69 Å². The molecule has 0 unspecified atom stereocenters. The number of amides is 2. The lowest BCUT2D eigenvalue weighted by atomic mass is 9.98. The lowest BCUT2D eigenvalue weighted by molar-refractivity contribution is -0.137. The van der Waals surface area contributed by atoms with Gasteiger partial charge in [-0.3, -0.25) is 14.9 Å². The van der Waals surface area contributed by atoms with Crippen LogP contribution in [0.25, 0.3) is 11.1 Å². The van der Waals surface area contributed by atoms with Gasteiger partial charge in [0.2, 0.25) is 0 Å². The van der Waals surface area contributed by atoms with E-state index in [-0.39, 0.29) is 29.1 Å². The second-order valence-corrected chi connectivity index (χ2v) is 8.60. The van der Waals surface area contributed by atoms with E-state index in [1.54, 1.807) is 13.8 Å². The minimum Gasteiger partial charge on any atom is -0.480 e. The van der Waals surface area contributed by atoms with Crippen molar-refractivity contribution in [3.05, 3.63) is 70.2 Å². The number of fused-ring (bicyclic) bond motifs is 3. The molecule has 4 rings (SSSR count). The number of thiazole rings is 1. The zero-order chi connectivity index (χ0) is 23.5. The van der Waals surface area contributed by atoms with Gasteiger partial charge in [-0.2, -0.15) is 0 Å². The number of ether oxygens (including phenoxy) is 1. The van der Waals surface area contributed by atoms with Crippen LogP contribution >= 0.6 is 11.3 Å². The average molecular weight is 466 g/mol. The number of nitrogens with one attached hydrogen (secondary N) is 1. The number of carboxylic acid groups (broad SMARTS) is 1. The first-order valence-corrected chi connectivity index (χ1v) is 11.3. The Morgan fingerprint density at radius 3 is 2.27 bits per heavy atom. The zero-order valence-electron chi connectivity index (χ0n) is 18.2. The van der Waals surface area contributed by atoms with Gasteiger partial charge in [0.1, 0.15) is 18.0 Å². The number of aryl methyl sites for hydroxylation is 1. The molecule has 9 heteroatoms. The standard InChI is InChI=1S/C24H23N3O5S/c1-3-27(12-20(28)29)22(30)21-14(2)25-23(33-21)26-24(31)32-13-19-17-10-6-4-8-15(17)16-9-5-7-11-18(16)19/h4-11,19H,3,12-13H2,1-2H3,(H,28,29)(H,25,26,31). The van der Waals surface area contributed by atoms with Gasteiger partial charge in [0.15, 0.2) is 5.13 Å². The fourth-order valence-electron chi connectivity index (χ4n) is 4.00. The van der Waals surface area contributed by atoms with Crippen molar-refractivity contribution in [2.24, 2.45) is 0 Å². The number of likely N-dealkylation sites (N-methyl/N-ethyl adjacent to an activating group) is 1. The Kier molecular flexibility index (Phi) is 6.41. The molecule has 170 valence electrons. The number of nitrogens with zero attached hydrogens (tertiary/aromatic N) is 2. The third-order valence-electron chi connectivity index (χ3n) is 5.54. The van der Waals surface area contributed by atoms with Gasteiger partial charge >= 0.3 is 12.1 Å². The van der Waals surface area contributed by atoms with Crippen LogP contribution in [0.5, 0.6) is 0 Å². The second-order valence-electron chi connectivity index (χ2n) is 7.60. The maximum absolute atomic E-state index is 12.7. The van der Waals surface area contributed by atoms with Crippen molar-refractivity contribution in [2.45, 2.75) is 19.8 Å². The number of aromatic nitrogens is 1. The first-order chi connectivity index (χ1) is 15.9. The van der Waals surface area contributed by atoms with E-state index in [9.17, 15) is 14.4 Å². The maximum Gasteiger partial charge on any atom is 0.413 e. The van der Waals surface area contributed by atoms with Crippen LogP contribution in [0, 0.1) is 6.92 Å². The molecule has 0 saturated carbocycles. The van der Waals surface area contributed by atoms with E-state index in [2.05, 4.69) is 22.4 Å². The van der Waals surface area contributed by atoms with Gasteiger partial charge in [-0.25, -0.2) is 9.78 Å². The van der Waals surface area contributed by atoms with Crippen LogP contribution in [-0.4, -0.2) is 52.7 Å². The summed E-state index contributed by atoms with van der Waals surface area (Å²) in [5, 5.41) is 11.8. The predicted molar refractivity (Wildman–Crippen MR) is 125 cm³/mol. The summed E-state index contributed by atoms with van der Waals surface area (Å²) in [5.74, 6) is -1.59. The molecule has 2 N–H and O–H groups in total. The summed E-state index contributed by atoms with van der Waals surface area (Å²) in [7, 11) is 0. The number of hydrogen-bond acceptors (Lipinski definition) is 6. The van der Waals surface area contributed by atoms with Crippen LogP contribution in [0.3, 0.4) is 0 Å². The first kappa shape index (κ1) is 22.5. The smallest absolute Gasteiger partial charge is 0.413 e. The van der Waals surface area contributed by atoms with Crippen molar-refractivity contribution in [1.82, 2.24) is 9.88 Å². The van der Waals surface area contributed by atoms with Gasteiger partial charge in [-0.05, 0) is 36.1 Å². The molecule has 2 aromatic carbocycles. The van der Waals surface area contributed by atoms with E-state index >= 15 is 0 Å². The van der Waals surface area contributed by atoms with Crippen LogP contribution < -0.4 is 5.32 Å². The average Bonchev–Trinajstić information content (AvgIpc) is 3.32. The van der Waals surface area contributed by atoms with E-state index in [0.717, 1.165) is 33.6 Å². The lowest BCUT2D eigenvalue weighted by Crippen LogP contribution is -2.35. The summed E-state index contributed by atoms with van der Waals surface area (Å²) in [6.45, 7) is 3.35. The number of aliphatic carboxylic acids is 1. The van der Waals surface area contributed by atoms with Crippen LogP contribution in [-0.2, 0) is 9.53 Å². The zero-order valence-corrected chi connectivity index (χ0v) is 19.0. The predicted octanol–water partition coefficient (Wildman–Crippen LogP) is 4.36. The molecular formula is C24H23N3O5S. The maximum atomic E-state index is 12.7. The SMILES string of the molecule is CCN(CC(=O)O)C(=O)c1sc(NC(=O)OCC2c3ccccc3-c3ccccc32)nc1C. The summed E-state index contributed by atoms with van der Waals surface area (Å²) in [6, 6.07) is 16.1. The highest BCUT2D eigenvalue weighted by Crippen LogP contribution is 2.44. The summed E-state index contributed by atoms with van der Waals surface area (Å²) in [6.07, 6.45) is -0.664. The number of carbonyl (C=O) groups excluding carboxylic acids is 2. The van der Waals surface area contributed by atoms with Gasteiger partial charge in [0.25, 0.3) is 5.91 Å². The molecule has 2 amide bonds. The number of carboxylic acids is 1. The first-order valence-electron chi connectivity index (χ1n) is 10.5. The monoisotopic (exact) mass is 465 g/mol. The third kappa shape index (κ3) is 4.58. The van der Waals surface area contributed by atoms with Crippen molar-refractivity contribution < 1.29 is 24.2 Å². The highest BCUT2D eigenvalue weighted by molar-refractivity contribution is 7.17. The number of carbonyl (C=O) groups is 3. The van der Waals surface area contributed by atoms with E-state index in [1.807, 2.05) is 36.4 Å².